The maximum Gasteiger partial charge on any atom is 0.277 e. The molecule has 126 valence electrons. The van der Waals surface area contributed by atoms with Crippen molar-refractivity contribution in [2.24, 2.45) is 5.92 Å². The lowest BCUT2D eigenvalue weighted by Crippen LogP contribution is -1.96. The van der Waals surface area contributed by atoms with E-state index in [1.807, 2.05) is 24.3 Å². The molecule has 0 aliphatic rings. The van der Waals surface area contributed by atoms with Crippen LogP contribution in [0.25, 0.3) is 11.5 Å². The van der Waals surface area contributed by atoms with Crippen molar-refractivity contribution in [3.05, 3.63) is 36.0 Å². The van der Waals surface area contributed by atoms with Gasteiger partial charge >= 0.3 is 0 Å². The second kappa shape index (κ2) is 7.48. The third kappa shape index (κ3) is 4.14. The number of hydrogen-bond acceptors (Lipinski definition) is 8. The Hall–Kier alpha value is -2.35. The molecule has 2 heterocycles. The lowest BCUT2D eigenvalue weighted by molar-refractivity contribution is 0.381. The van der Waals surface area contributed by atoms with E-state index in [0.717, 1.165) is 23.6 Å². The summed E-state index contributed by atoms with van der Waals surface area (Å²) < 4.78 is 16.0. The summed E-state index contributed by atoms with van der Waals surface area (Å²) in [5, 5.41) is 12.5. The van der Waals surface area contributed by atoms with Crippen LogP contribution >= 0.6 is 11.8 Å². The zero-order chi connectivity index (χ0) is 16.9. The SMILES string of the molecule is COc1ccc(-c2nnc(SCc3nc(CC(C)C)no3)o2)cc1. The van der Waals surface area contributed by atoms with Gasteiger partial charge in [-0.05, 0) is 30.2 Å². The quantitative estimate of drug-likeness (QED) is 0.600. The van der Waals surface area contributed by atoms with E-state index in [-0.39, 0.29) is 0 Å². The van der Waals surface area contributed by atoms with Crippen LogP contribution in [0.4, 0.5) is 0 Å². The Morgan fingerprint density at radius 3 is 2.67 bits per heavy atom. The van der Waals surface area contributed by atoms with Crippen LogP contribution < -0.4 is 4.74 Å². The molecule has 3 aromatic rings. The zero-order valence-electron chi connectivity index (χ0n) is 13.7. The molecule has 0 spiro atoms. The third-order valence-electron chi connectivity index (χ3n) is 3.16. The Kier molecular flexibility index (Phi) is 5.14. The van der Waals surface area contributed by atoms with E-state index < -0.39 is 0 Å². The molecule has 0 aliphatic carbocycles. The van der Waals surface area contributed by atoms with Gasteiger partial charge in [0.25, 0.3) is 5.22 Å². The van der Waals surface area contributed by atoms with Gasteiger partial charge in [-0.3, -0.25) is 0 Å². The van der Waals surface area contributed by atoms with Gasteiger partial charge in [0, 0.05) is 12.0 Å². The summed E-state index contributed by atoms with van der Waals surface area (Å²) in [6, 6.07) is 7.44. The summed E-state index contributed by atoms with van der Waals surface area (Å²) in [5.74, 6) is 3.51. The average molecular weight is 346 g/mol. The molecule has 0 amide bonds. The summed E-state index contributed by atoms with van der Waals surface area (Å²) in [7, 11) is 1.63. The highest BCUT2D eigenvalue weighted by Crippen LogP contribution is 2.26. The number of benzene rings is 1. The van der Waals surface area contributed by atoms with Gasteiger partial charge in [-0.1, -0.05) is 30.8 Å². The Morgan fingerprint density at radius 2 is 1.96 bits per heavy atom. The predicted molar refractivity (Wildman–Crippen MR) is 88.7 cm³/mol. The minimum atomic E-state index is 0.462. The molecule has 0 atom stereocenters. The second-order valence-electron chi connectivity index (χ2n) is 5.59. The number of hydrogen-bond donors (Lipinski definition) is 0. The first-order valence-electron chi connectivity index (χ1n) is 7.56. The van der Waals surface area contributed by atoms with Crippen molar-refractivity contribution < 1.29 is 13.7 Å². The van der Waals surface area contributed by atoms with E-state index in [4.69, 9.17) is 13.7 Å². The Bertz CT molecular complexity index is 783. The third-order valence-corrected chi connectivity index (χ3v) is 3.97. The molecule has 0 bridgehead atoms. The monoisotopic (exact) mass is 346 g/mol. The first-order chi connectivity index (χ1) is 11.6. The standard InChI is InChI=1S/C16H18N4O3S/c1-10(2)8-13-17-14(23-20-13)9-24-16-19-18-15(22-16)11-4-6-12(21-3)7-5-11/h4-7,10H,8-9H2,1-3H3. The van der Waals surface area contributed by atoms with Gasteiger partial charge in [0.2, 0.25) is 11.8 Å². The summed E-state index contributed by atoms with van der Waals surface area (Å²) in [5.41, 5.74) is 0.840. The molecular weight excluding hydrogens is 328 g/mol. The van der Waals surface area contributed by atoms with Gasteiger partial charge in [0.15, 0.2) is 5.82 Å². The van der Waals surface area contributed by atoms with E-state index in [9.17, 15) is 0 Å². The summed E-state index contributed by atoms with van der Waals surface area (Å²) in [4.78, 5) is 4.35. The normalized spacial score (nSPS) is 11.2. The van der Waals surface area contributed by atoms with Crippen LogP contribution in [0.3, 0.4) is 0 Å². The lowest BCUT2D eigenvalue weighted by Gasteiger charge is -1.99. The molecule has 0 saturated heterocycles. The minimum Gasteiger partial charge on any atom is -0.497 e. The minimum absolute atomic E-state index is 0.462. The number of ether oxygens (including phenoxy) is 1. The van der Waals surface area contributed by atoms with Gasteiger partial charge in [0.05, 0.1) is 12.9 Å². The molecule has 8 heteroatoms. The van der Waals surface area contributed by atoms with Gasteiger partial charge in [-0.15, -0.1) is 10.2 Å². The fourth-order valence-corrected chi connectivity index (χ4v) is 2.64. The predicted octanol–water partition coefficient (Wildman–Crippen LogP) is 3.62. The summed E-state index contributed by atoms with van der Waals surface area (Å²) >= 11 is 1.37. The molecule has 24 heavy (non-hydrogen) atoms. The molecule has 3 rings (SSSR count). The van der Waals surface area contributed by atoms with Crippen LogP contribution in [-0.2, 0) is 12.2 Å². The topological polar surface area (TPSA) is 87.1 Å². The van der Waals surface area contributed by atoms with Crippen molar-refractivity contribution in [1.82, 2.24) is 20.3 Å². The first kappa shape index (κ1) is 16.5. The van der Waals surface area contributed by atoms with E-state index in [2.05, 4.69) is 34.2 Å². The van der Waals surface area contributed by atoms with Crippen LogP contribution in [0.5, 0.6) is 5.75 Å². The van der Waals surface area contributed by atoms with Crippen molar-refractivity contribution >= 4 is 11.8 Å². The molecule has 0 radical (unpaired) electrons. The van der Waals surface area contributed by atoms with Crippen LogP contribution in [-0.4, -0.2) is 27.4 Å². The fourth-order valence-electron chi connectivity index (χ4n) is 2.04. The average Bonchev–Trinajstić information content (AvgIpc) is 3.22. The maximum atomic E-state index is 5.65. The van der Waals surface area contributed by atoms with E-state index in [1.165, 1.54) is 11.8 Å². The Morgan fingerprint density at radius 1 is 1.17 bits per heavy atom. The molecule has 0 unspecified atom stereocenters. The number of nitrogens with zero attached hydrogens (tertiary/aromatic N) is 4. The lowest BCUT2D eigenvalue weighted by atomic mass is 10.1. The van der Waals surface area contributed by atoms with Gasteiger partial charge in [-0.2, -0.15) is 4.98 Å². The highest BCUT2D eigenvalue weighted by atomic mass is 32.2. The van der Waals surface area contributed by atoms with Gasteiger partial charge in [0.1, 0.15) is 5.75 Å². The molecular formula is C16H18N4O3S. The van der Waals surface area contributed by atoms with Gasteiger partial charge in [-0.25, -0.2) is 0 Å². The van der Waals surface area contributed by atoms with Gasteiger partial charge < -0.3 is 13.7 Å². The molecule has 2 aromatic heterocycles. The van der Waals surface area contributed by atoms with Crippen LogP contribution in [0.15, 0.2) is 38.4 Å². The largest absolute Gasteiger partial charge is 0.497 e. The van der Waals surface area contributed by atoms with Crippen molar-refractivity contribution in [3.63, 3.8) is 0 Å². The zero-order valence-corrected chi connectivity index (χ0v) is 14.5. The van der Waals surface area contributed by atoms with E-state index in [1.54, 1.807) is 7.11 Å². The Labute approximate surface area is 143 Å². The van der Waals surface area contributed by atoms with E-state index >= 15 is 0 Å². The highest BCUT2D eigenvalue weighted by molar-refractivity contribution is 7.98. The summed E-state index contributed by atoms with van der Waals surface area (Å²) in [6.45, 7) is 4.23. The fraction of sp³-hybridized carbons (Fsp3) is 0.375. The van der Waals surface area contributed by atoms with Crippen molar-refractivity contribution in [3.8, 4) is 17.2 Å². The second-order valence-corrected chi connectivity index (χ2v) is 6.52. The molecule has 0 saturated carbocycles. The van der Waals surface area contributed by atoms with E-state index in [0.29, 0.717) is 28.7 Å². The van der Waals surface area contributed by atoms with Crippen LogP contribution in [0, 0.1) is 5.92 Å². The highest BCUT2D eigenvalue weighted by Gasteiger charge is 2.13. The van der Waals surface area contributed by atoms with Crippen molar-refractivity contribution in [2.45, 2.75) is 31.2 Å². The van der Waals surface area contributed by atoms with Crippen LogP contribution in [0.2, 0.25) is 0 Å². The smallest absolute Gasteiger partial charge is 0.277 e. The number of methoxy groups -OCH3 is 1. The number of thioether (sulfide) groups is 1. The molecule has 0 aliphatic heterocycles. The molecule has 0 fully saturated rings. The first-order valence-corrected chi connectivity index (χ1v) is 8.55. The Balaban J connectivity index is 1.60. The summed E-state index contributed by atoms with van der Waals surface area (Å²) in [6.07, 6.45) is 0.802. The van der Waals surface area contributed by atoms with Crippen molar-refractivity contribution in [2.75, 3.05) is 7.11 Å². The van der Waals surface area contributed by atoms with Crippen molar-refractivity contribution in [1.29, 1.82) is 0 Å². The molecule has 0 N–H and O–H groups in total. The molecule has 1 aromatic carbocycles. The van der Waals surface area contributed by atoms with Crippen LogP contribution in [0.1, 0.15) is 25.6 Å². The number of aromatic nitrogens is 4. The molecule has 7 nitrogen and oxygen atoms in total. The number of rotatable bonds is 7. The maximum absolute atomic E-state index is 5.65.